The molecule has 2 unspecified atom stereocenters. The first kappa shape index (κ1) is 16.9. The van der Waals surface area contributed by atoms with Crippen LogP contribution in [0.1, 0.15) is 31.7 Å². The predicted octanol–water partition coefficient (Wildman–Crippen LogP) is 3.23. The smallest absolute Gasteiger partial charge is 0.335 e. The third-order valence-corrected chi connectivity index (χ3v) is 7.27. The highest BCUT2D eigenvalue weighted by Gasteiger charge is 2.65. The molecular formula is C22H26N2O3. The van der Waals surface area contributed by atoms with E-state index in [2.05, 4.69) is 41.4 Å². The van der Waals surface area contributed by atoms with Crippen LogP contribution >= 0.6 is 0 Å². The van der Waals surface area contributed by atoms with Crippen LogP contribution in [-0.4, -0.2) is 44.2 Å². The standard InChI is InChI=1S/C22H26N2O3/c1-4-21-8-5-10-24-11-9-22(20(21)24)16-7-6-14(26-2)12-17(16)23-18(22)15(13-21)19(25)27-3/h5-8,12,20,23H,4,9-11,13H2,1-3H3/t20?,21-,22?/m0/s1. The molecule has 1 aromatic rings. The van der Waals surface area contributed by atoms with Gasteiger partial charge in [-0.2, -0.15) is 0 Å². The van der Waals surface area contributed by atoms with Crippen LogP contribution in [0.5, 0.6) is 5.75 Å². The van der Waals surface area contributed by atoms with Crippen molar-refractivity contribution in [2.75, 3.05) is 32.6 Å². The van der Waals surface area contributed by atoms with E-state index < -0.39 is 0 Å². The van der Waals surface area contributed by atoms with Gasteiger partial charge in [0.1, 0.15) is 5.75 Å². The molecule has 27 heavy (non-hydrogen) atoms. The fourth-order valence-electron chi connectivity index (χ4n) is 6.18. The van der Waals surface area contributed by atoms with E-state index in [1.54, 1.807) is 7.11 Å². The summed E-state index contributed by atoms with van der Waals surface area (Å²) in [7, 11) is 3.17. The van der Waals surface area contributed by atoms with Crippen LogP contribution in [0.2, 0.25) is 0 Å². The monoisotopic (exact) mass is 366 g/mol. The lowest BCUT2D eigenvalue weighted by atomic mass is 9.55. The van der Waals surface area contributed by atoms with Gasteiger partial charge in [-0.3, -0.25) is 4.90 Å². The molecule has 1 spiro atoms. The van der Waals surface area contributed by atoms with Crippen LogP contribution in [0.15, 0.2) is 41.6 Å². The third-order valence-electron chi connectivity index (χ3n) is 7.27. The van der Waals surface area contributed by atoms with E-state index >= 15 is 0 Å². The Morgan fingerprint density at radius 1 is 1.37 bits per heavy atom. The van der Waals surface area contributed by atoms with Crippen molar-refractivity contribution in [3.05, 3.63) is 47.2 Å². The van der Waals surface area contributed by atoms with Crippen molar-refractivity contribution in [2.45, 2.75) is 37.6 Å². The van der Waals surface area contributed by atoms with Crippen LogP contribution in [0.25, 0.3) is 0 Å². The first-order valence-electron chi connectivity index (χ1n) is 9.79. The van der Waals surface area contributed by atoms with Crippen LogP contribution in [0, 0.1) is 5.41 Å². The van der Waals surface area contributed by atoms with E-state index in [9.17, 15) is 4.79 Å². The minimum atomic E-state index is -0.208. The van der Waals surface area contributed by atoms with Gasteiger partial charge in [0.15, 0.2) is 0 Å². The fraction of sp³-hybridized carbons (Fsp3) is 0.500. The molecule has 0 saturated carbocycles. The largest absolute Gasteiger partial charge is 0.497 e. The first-order chi connectivity index (χ1) is 13.1. The lowest BCUT2D eigenvalue weighted by molar-refractivity contribution is -0.137. The Morgan fingerprint density at radius 3 is 2.96 bits per heavy atom. The van der Waals surface area contributed by atoms with Gasteiger partial charge < -0.3 is 14.8 Å². The second-order valence-electron chi connectivity index (χ2n) is 8.17. The van der Waals surface area contributed by atoms with E-state index in [0.29, 0.717) is 6.04 Å². The Hall–Kier alpha value is -2.27. The van der Waals surface area contributed by atoms with Gasteiger partial charge >= 0.3 is 5.97 Å². The molecule has 3 aliphatic heterocycles. The number of anilines is 1. The van der Waals surface area contributed by atoms with E-state index in [1.807, 2.05) is 6.07 Å². The minimum Gasteiger partial charge on any atom is -0.497 e. The van der Waals surface area contributed by atoms with Gasteiger partial charge in [-0.15, -0.1) is 0 Å². The number of ether oxygens (including phenoxy) is 2. The van der Waals surface area contributed by atoms with Crippen molar-refractivity contribution in [2.24, 2.45) is 5.41 Å². The van der Waals surface area contributed by atoms with Crippen molar-refractivity contribution in [3.8, 4) is 5.75 Å². The van der Waals surface area contributed by atoms with Gasteiger partial charge in [-0.05, 0) is 30.9 Å². The van der Waals surface area contributed by atoms with Crippen molar-refractivity contribution < 1.29 is 14.3 Å². The molecule has 1 N–H and O–H groups in total. The Balaban J connectivity index is 1.80. The van der Waals surface area contributed by atoms with Crippen molar-refractivity contribution in [1.29, 1.82) is 0 Å². The Bertz CT molecular complexity index is 890. The Morgan fingerprint density at radius 2 is 2.22 bits per heavy atom. The number of benzene rings is 1. The molecule has 5 heteroatoms. The first-order valence-corrected chi connectivity index (χ1v) is 9.79. The van der Waals surface area contributed by atoms with E-state index in [1.165, 1.54) is 12.7 Å². The van der Waals surface area contributed by atoms with Crippen LogP contribution < -0.4 is 10.1 Å². The number of carbonyl (C=O) groups excluding carboxylic acids is 1. The molecule has 0 amide bonds. The van der Waals surface area contributed by atoms with Crippen LogP contribution in [0.3, 0.4) is 0 Å². The lowest BCUT2D eigenvalue weighted by Crippen LogP contribution is -2.58. The molecule has 4 aliphatic rings. The fourth-order valence-corrected chi connectivity index (χ4v) is 6.18. The number of carbonyl (C=O) groups is 1. The number of nitrogens with one attached hydrogen (secondary N) is 1. The highest BCUT2D eigenvalue weighted by Crippen LogP contribution is 2.64. The molecule has 5 nitrogen and oxygen atoms in total. The van der Waals surface area contributed by atoms with Gasteiger partial charge in [-0.25, -0.2) is 4.79 Å². The number of rotatable bonds is 3. The van der Waals surface area contributed by atoms with Crippen LogP contribution in [0.4, 0.5) is 5.69 Å². The summed E-state index contributed by atoms with van der Waals surface area (Å²) in [6.07, 6.45) is 7.41. The second kappa shape index (κ2) is 5.61. The van der Waals surface area contributed by atoms with Gasteiger partial charge in [-0.1, -0.05) is 25.1 Å². The van der Waals surface area contributed by atoms with E-state index in [4.69, 9.17) is 9.47 Å². The summed E-state index contributed by atoms with van der Waals surface area (Å²) in [6, 6.07) is 6.65. The lowest BCUT2D eigenvalue weighted by Gasteiger charge is -2.53. The maximum atomic E-state index is 12.8. The number of methoxy groups -OCH3 is 2. The number of hydrogen-bond donors (Lipinski definition) is 1. The normalized spacial score (nSPS) is 33.2. The zero-order valence-electron chi connectivity index (χ0n) is 16.2. The SMILES string of the molecule is CC[C@]12C=CCN3CCC4(C(=C(C(=O)OC)C1)Nc1cc(OC)ccc14)C32. The highest BCUT2D eigenvalue weighted by atomic mass is 16.5. The highest BCUT2D eigenvalue weighted by molar-refractivity contribution is 5.93. The van der Waals surface area contributed by atoms with Crippen molar-refractivity contribution >= 4 is 11.7 Å². The number of esters is 1. The summed E-state index contributed by atoms with van der Waals surface area (Å²) in [6.45, 7) is 4.28. The van der Waals surface area contributed by atoms with Gasteiger partial charge in [0.25, 0.3) is 0 Å². The molecule has 1 aliphatic carbocycles. The topological polar surface area (TPSA) is 50.8 Å². The van der Waals surface area contributed by atoms with Gasteiger partial charge in [0.2, 0.25) is 0 Å². The summed E-state index contributed by atoms with van der Waals surface area (Å²) >= 11 is 0. The maximum absolute atomic E-state index is 12.8. The Labute approximate surface area is 160 Å². The van der Waals surface area contributed by atoms with Crippen LogP contribution in [-0.2, 0) is 14.9 Å². The number of hydrogen-bond acceptors (Lipinski definition) is 5. The summed E-state index contributed by atoms with van der Waals surface area (Å²) in [5.41, 5.74) is 4.01. The quantitative estimate of drug-likeness (QED) is 0.657. The van der Waals surface area contributed by atoms with E-state index in [-0.39, 0.29) is 16.8 Å². The molecule has 1 fully saturated rings. The molecule has 1 aromatic carbocycles. The number of nitrogens with zero attached hydrogens (tertiary/aromatic N) is 1. The molecule has 0 aromatic heterocycles. The average Bonchev–Trinajstić information content (AvgIpc) is 3.26. The zero-order valence-corrected chi connectivity index (χ0v) is 16.2. The molecule has 3 heterocycles. The molecule has 3 atom stereocenters. The summed E-state index contributed by atoms with van der Waals surface area (Å²) in [4.78, 5) is 15.4. The number of fused-ring (bicyclic) bond motifs is 1. The van der Waals surface area contributed by atoms with Gasteiger partial charge in [0, 0.05) is 42.0 Å². The summed E-state index contributed by atoms with van der Waals surface area (Å²) in [5.74, 6) is 0.622. The average molecular weight is 366 g/mol. The molecular weight excluding hydrogens is 340 g/mol. The molecule has 5 rings (SSSR count). The summed E-state index contributed by atoms with van der Waals surface area (Å²) in [5, 5.41) is 3.62. The summed E-state index contributed by atoms with van der Waals surface area (Å²) < 4.78 is 10.7. The molecule has 142 valence electrons. The zero-order chi connectivity index (χ0) is 18.8. The Kier molecular flexibility index (Phi) is 3.51. The molecule has 1 saturated heterocycles. The molecule has 0 bridgehead atoms. The predicted molar refractivity (Wildman–Crippen MR) is 104 cm³/mol. The van der Waals surface area contributed by atoms with Gasteiger partial charge in [0.05, 0.1) is 25.2 Å². The minimum absolute atomic E-state index is 0.0367. The second-order valence-corrected chi connectivity index (χ2v) is 8.17. The third kappa shape index (κ3) is 1.95. The maximum Gasteiger partial charge on any atom is 0.335 e. The van der Waals surface area contributed by atoms with E-state index in [0.717, 1.165) is 55.1 Å². The van der Waals surface area contributed by atoms with Crippen molar-refractivity contribution in [1.82, 2.24) is 4.90 Å². The van der Waals surface area contributed by atoms with Crippen molar-refractivity contribution in [3.63, 3.8) is 0 Å². The molecule has 0 radical (unpaired) electrons.